The molecule has 0 radical (unpaired) electrons. The van der Waals surface area contributed by atoms with Crippen LogP contribution in [-0.4, -0.2) is 10.5 Å². The molecule has 78 valence electrons. The zero-order valence-corrected chi connectivity index (χ0v) is 8.23. The van der Waals surface area contributed by atoms with Crippen LogP contribution in [0.15, 0.2) is 30.5 Å². The first-order valence-corrected chi connectivity index (χ1v) is 4.44. The van der Waals surface area contributed by atoms with E-state index < -0.39 is 5.97 Å². The van der Waals surface area contributed by atoms with Crippen LogP contribution in [0.2, 0.25) is 0 Å². The second-order valence-corrected chi connectivity index (χ2v) is 3.21. The lowest BCUT2D eigenvalue weighted by Gasteiger charge is -2.01. The number of hydrogen-bond acceptors (Lipinski definition) is 4. The molecule has 1 aromatic carbocycles. The number of benzene rings is 1. The fourth-order valence-electron chi connectivity index (χ4n) is 1.52. The number of aryl methyl sites for hydroxylation is 1. The second kappa shape index (κ2) is 3.72. The molecule has 1 aromatic heterocycles. The Hall–Kier alpha value is -1.85. The van der Waals surface area contributed by atoms with Crippen LogP contribution >= 0.6 is 0 Å². The van der Waals surface area contributed by atoms with E-state index in [0.717, 1.165) is 10.9 Å². The zero-order valence-electron chi connectivity index (χ0n) is 8.23. The van der Waals surface area contributed by atoms with E-state index >= 15 is 0 Å². The summed E-state index contributed by atoms with van der Waals surface area (Å²) in [6.45, 7) is 0. The molecule has 5 heteroatoms. The summed E-state index contributed by atoms with van der Waals surface area (Å²) in [6, 6.07) is 7.25. The zero-order chi connectivity index (χ0) is 10.8. The van der Waals surface area contributed by atoms with E-state index in [4.69, 9.17) is 5.84 Å². The first-order chi connectivity index (χ1) is 7.22. The van der Waals surface area contributed by atoms with Gasteiger partial charge in [0.25, 0.3) is 0 Å². The lowest BCUT2D eigenvalue weighted by molar-refractivity contribution is 0.0254. The van der Waals surface area contributed by atoms with Gasteiger partial charge in [-0.2, -0.15) is 0 Å². The molecule has 5 nitrogen and oxygen atoms in total. The summed E-state index contributed by atoms with van der Waals surface area (Å²) in [5, 5.41) is 0.990. The molecule has 0 fully saturated rings. The molecule has 3 N–H and O–H groups in total. The summed E-state index contributed by atoms with van der Waals surface area (Å²) >= 11 is 0. The number of rotatable bonds is 2. The van der Waals surface area contributed by atoms with Crippen molar-refractivity contribution in [2.45, 2.75) is 0 Å². The highest BCUT2D eigenvalue weighted by Crippen LogP contribution is 2.16. The molecular weight excluding hydrogens is 194 g/mol. The summed E-state index contributed by atoms with van der Waals surface area (Å²) in [5.41, 5.74) is 3.39. The first-order valence-electron chi connectivity index (χ1n) is 4.44. The number of nitrogens with zero attached hydrogens (tertiary/aromatic N) is 1. The molecule has 0 saturated heterocycles. The summed E-state index contributed by atoms with van der Waals surface area (Å²) in [4.78, 5) is 15.8. The Morgan fingerprint density at radius 3 is 3.00 bits per heavy atom. The van der Waals surface area contributed by atoms with E-state index in [2.05, 4.69) is 4.84 Å². The average Bonchev–Trinajstić information content (AvgIpc) is 2.60. The van der Waals surface area contributed by atoms with Gasteiger partial charge in [0.05, 0.1) is 5.56 Å². The average molecular weight is 205 g/mol. The van der Waals surface area contributed by atoms with Gasteiger partial charge in [-0.1, -0.05) is 5.59 Å². The van der Waals surface area contributed by atoms with Crippen LogP contribution in [0.1, 0.15) is 10.4 Å². The molecule has 0 aliphatic rings. The molecule has 0 unspecified atom stereocenters. The van der Waals surface area contributed by atoms with Crippen LogP contribution in [0.4, 0.5) is 0 Å². The number of aromatic nitrogens is 1. The third kappa shape index (κ3) is 1.70. The maximum absolute atomic E-state index is 11.3. The Morgan fingerprint density at radius 1 is 1.47 bits per heavy atom. The second-order valence-electron chi connectivity index (χ2n) is 3.21. The van der Waals surface area contributed by atoms with E-state index in [1.165, 1.54) is 0 Å². The lowest BCUT2D eigenvalue weighted by Crippen LogP contribution is -2.26. The maximum atomic E-state index is 11.3. The Labute approximate surface area is 86.4 Å². The number of fused-ring (bicyclic) bond motifs is 1. The first kappa shape index (κ1) is 9.70. The summed E-state index contributed by atoms with van der Waals surface area (Å²) < 4.78 is 1.98. The molecule has 0 bridgehead atoms. The van der Waals surface area contributed by atoms with Crippen molar-refractivity contribution in [1.29, 1.82) is 0 Å². The van der Waals surface area contributed by atoms with Crippen molar-refractivity contribution >= 4 is 16.9 Å². The minimum absolute atomic E-state index is 0.464. The molecule has 0 aliphatic heterocycles. The molecule has 15 heavy (non-hydrogen) atoms. The molecular formula is C10H11N3O2. The van der Waals surface area contributed by atoms with Gasteiger partial charge in [0, 0.05) is 24.1 Å². The van der Waals surface area contributed by atoms with Gasteiger partial charge in [0.15, 0.2) is 0 Å². The molecule has 2 rings (SSSR count). The summed E-state index contributed by atoms with van der Waals surface area (Å²) in [5.74, 6) is 4.39. The minimum Gasteiger partial charge on any atom is -0.351 e. The largest absolute Gasteiger partial charge is 0.358 e. The monoisotopic (exact) mass is 205 g/mol. The lowest BCUT2D eigenvalue weighted by atomic mass is 10.1. The van der Waals surface area contributed by atoms with Gasteiger partial charge >= 0.3 is 5.97 Å². The molecule has 0 aliphatic carbocycles. The number of nitrogens with one attached hydrogen (secondary N) is 1. The molecule has 0 spiro atoms. The Bertz CT molecular complexity index is 504. The van der Waals surface area contributed by atoms with Crippen molar-refractivity contribution in [2.24, 2.45) is 12.9 Å². The number of hydrazine groups is 1. The predicted octanol–water partition coefficient (Wildman–Crippen LogP) is 0.713. The highest BCUT2D eigenvalue weighted by Gasteiger charge is 2.08. The topological polar surface area (TPSA) is 69.3 Å². The number of hydrogen-bond donors (Lipinski definition) is 2. The van der Waals surface area contributed by atoms with Crippen molar-refractivity contribution in [3.63, 3.8) is 0 Å². The quantitative estimate of drug-likeness (QED) is 0.559. The Balaban J connectivity index is 2.43. The van der Waals surface area contributed by atoms with Gasteiger partial charge in [-0.25, -0.2) is 10.6 Å². The SMILES string of the molecule is Cn1ccc2cc(C(=O)ONN)ccc21. The van der Waals surface area contributed by atoms with Crippen LogP contribution in [0.5, 0.6) is 0 Å². The standard InChI is InChI=1S/C10H11N3O2/c1-13-5-4-7-6-8(2-3-9(7)13)10(14)15-12-11/h2-6,12H,11H2,1H3. The van der Waals surface area contributed by atoms with Gasteiger partial charge in [-0.3, -0.25) is 0 Å². The number of carbonyl (C=O) groups is 1. The van der Waals surface area contributed by atoms with Crippen molar-refractivity contribution in [1.82, 2.24) is 10.2 Å². The molecule has 0 atom stereocenters. The smallest absolute Gasteiger partial charge is 0.351 e. The summed E-state index contributed by atoms with van der Waals surface area (Å²) in [7, 11) is 1.95. The van der Waals surface area contributed by atoms with Gasteiger partial charge in [-0.15, -0.1) is 0 Å². The van der Waals surface area contributed by atoms with Gasteiger partial charge < -0.3 is 9.40 Å². The predicted molar refractivity (Wildman–Crippen MR) is 55.7 cm³/mol. The Kier molecular flexibility index (Phi) is 2.40. The van der Waals surface area contributed by atoms with Gasteiger partial charge in [0.1, 0.15) is 0 Å². The Morgan fingerprint density at radius 2 is 2.27 bits per heavy atom. The van der Waals surface area contributed by atoms with Crippen molar-refractivity contribution in [2.75, 3.05) is 0 Å². The van der Waals surface area contributed by atoms with Crippen LogP contribution in [0.3, 0.4) is 0 Å². The van der Waals surface area contributed by atoms with Gasteiger partial charge in [-0.05, 0) is 24.3 Å². The van der Waals surface area contributed by atoms with Crippen molar-refractivity contribution in [3.05, 3.63) is 36.0 Å². The van der Waals surface area contributed by atoms with E-state index in [1.807, 2.05) is 35.5 Å². The highest BCUT2D eigenvalue weighted by molar-refractivity contribution is 5.94. The molecule has 0 saturated carbocycles. The third-order valence-corrected chi connectivity index (χ3v) is 2.27. The van der Waals surface area contributed by atoms with E-state index in [1.54, 1.807) is 12.1 Å². The van der Waals surface area contributed by atoms with E-state index in [0.29, 0.717) is 5.56 Å². The highest BCUT2D eigenvalue weighted by atomic mass is 16.7. The fourth-order valence-corrected chi connectivity index (χ4v) is 1.52. The normalized spacial score (nSPS) is 10.5. The number of nitrogens with two attached hydrogens (primary N) is 1. The van der Waals surface area contributed by atoms with Crippen molar-refractivity contribution < 1.29 is 9.63 Å². The molecule has 2 aromatic rings. The van der Waals surface area contributed by atoms with Gasteiger partial charge in [0.2, 0.25) is 0 Å². The fraction of sp³-hybridized carbons (Fsp3) is 0.100. The van der Waals surface area contributed by atoms with Crippen LogP contribution in [0.25, 0.3) is 10.9 Å². The van der Waals surface area contributed by atoms with E-state index in [-0.39, 0.29) is 0 Å². The molecule has 0 amide bonds. The van der Waals surface area contributed by atoms with Crippen LogP contribution in [-0.2, 0) is 11.9 Å². The van der Waals surface area contributed by atoms with Crippen LogP contribution < -0.4 is 11.4 Å². The van der Waals surface area contributed by atoms with E-state index in [9.17, 15) is 4.79 Å². The summed E-state index contributed by atoms with van der Waals surface area (Å²) in [6.07, 6.45) is 1.93. The third-order valence-electron chi connectivity index (χ3n) is 2.27. The van der Waals surface area contributed by atoms with Crippen molar-refractivity contribution in [3.8, 4) is 0 Å². The minimum atomic E-state index is -0.497. The maximum Gasteiger partial charge on any atom is 0.358 e. The molecule has 1 heterocycles. The number of carbonyl (C=O) groups excluding carboxylic acids is 1. The van der Waals surface area contributed by atoms with Crippen LogP contribution in [0, 0.1) is 0 Å².